The number of carbonyl (C=O) groups is 1. The first kappa shape index (κ1) is 18.2. The average molecular weight is 367 g/mol. The maximum Gasteiger partial charge on any atom is 0.274 e. The molecule has 5 nitrogen and oxygen atoms in total. The van der Waals surface area contributed by atoms with Gasteiger partial charge in [0, 0.05) is 18.3 Å². The summed E-state index contributed by atoms with van der Waals surface area (Å²) in [6.07, 6.45) is 4.61. The minimum absolute atomic E-state index is 0.0952. The third kappa shape index (κ3) is 3.65. The molecule has 144 valence electrons. The molecule has 27 heavy (non-hydrogen) atoms. The number of nitrogens with zero attached hydrogens (tertiary/aromatic N) is 3. The van der Waals surface area contributed by atoms with Crippen LogP contribution < -0.4 is 5.32 Å². The summed E-state index contributed by atoms with van der Waals surface area (Å²) in [5.41, 5.74) is 5.01. The van der Waals surface area contributed by atoms with Crippen molar-refractivity contribution in [2.45, 2.75) is 52.5 Å². The van der Waals surface area contributed by atoms with Crippen molar-refractivity contribution in [1.29, 1.82) is 0 Å². The summed E-state index contributed by atoms with van der Waals surface area (Å²) in [5.74, 6) is 0.676. The molecule has 1 N–H and O–H groups in total. The van der Waals surface area contributed by atoms with Crippen molar-refractivity contribution in [2.24, 2.45) is 5.92 Å². The first-order chi connectivity index (χ1) is 13.0. The van der Waals surface area contributed by atoms with Crippen molar-refractivity contribution in [3.05, 3.63) is 46.8 Å². The van der Waals surface area contributed by atoms with Crippen LogP contribution in [0.25, 0.3) is 5.69 Å². The molecule has 2 aliphatic heterocycles. The van der Waals surface area contributed by atoms with E-state index in [2.05, 4.69) is 42.3 Å². The molecule has 0 radical (unpaired) electrons. The van der Waals surface area contributed by atoms with E-state index in [1.807, 2.05) is 17.7 Å². The first-order valence-electron chi connectivity index (χ1n) is 10.2. The van der Waals surface area contributed by atoms with Crippen LogP contribution in [-0.4, -0.2) is 46.3 Å². The van der Waals surface area contributed by atoms with Gasteiger partial charge in [0.2, 0.25) is 0 Å². The van der Waals surface area contributed by atoms with Gasteiger partial charge in [0.1, 0.15) is 0 Å². The van der Waals surface area contributed by atoms with Crippen LogP contribution in [0.15, 0.2) is 24.3 Å². The number of hydrogen-bond acceptors (Lipinski definition) is 3. The van der Waals surface area contributed by atoms with Gasteiger partial charge < -0.3 is 10.2 Å². The Morgan fingerprint density at radius 1 is 1.07 bits per heavy atom. The molecule has 2 aliphatic rings. The highest BCUT2D eigenvalue weighted by Gasteiger charge is 2.35. The minimum Gasteiger partial charge on any atom is -0.334 e. The molecule has 2 saturated heterocycles. The predicted octanol–water partition coefficient (Wildman–Crippen LogP) is 3.40. The van der Waals surface area contributed by atoms with E-state index < -0.39 is 0 Å². The zero-order valence-corrected chi connectivity index (χ0v) is 16.7. The number of likely N-dealkylation sites (tertiary alicyclic amines) is 1. The smallest absolute Gasteiger partial charge is 0.274 e. The Morgan fingerprint density at radius 3 is 2.56 bits per heavy atom. The van der Waals surface area contributed by atoms with Gasteiger partial charge in [0.15, 0.2) is 5.69 Å². The lowest BCUT2D eigenvalue weighted by Gasteiger charge is -2.38. The molecule has 0 aliphatic carbocycles. The van der Waals surface area contributed by atoms with Gasteiger partial charge >= 0.3 is 0 Å². The van der Waals surface area contributed by atoms with Crippen LogP contribution in [0.4, 0.5) is 0 Å². The van der Waals surface area contributed by atoms with Crippen molar-refractivity contribution in [3.8, 4) is 5.69 Å². The molecule has 1 aromatic carbocycles. The third-order valence-corrected chi connectivity index (χ3v) is 6.01. The predicted molar refractivity (Wildman–Crippen MR) is 107 cm³/mol. The van der Waals surface area contributed by atoms with Crippen molar-refractivity contribution in [2.75, 3.05) is 19.6 Å². The Kier molecular flexibility index (Phi) is 5.04. The zero-order chi connectivity index (χ0) is 19.0. The van der Waals surface area contributed by atoms with Crippen LogP contribution >= 0.6 is 0 Å². The van der Waals surface area contributed by atoms with Gasteiger partial charge in [0.05, 0.1) is 5.69 Å². The summed E-state index contributed by atoms with van der Waals surface area (Å²) >= 11 is 0. The van der Waals surface area contributed by atoms with E-state index in [0.717, 1.165) is 43.9 Å². The van der Waals surface area contributed by atoms with Crippen LogP contribution in [-0.2, 0) is 0 Å². The van der Waals surface area contributed by atoms with Crippen LogP contribution in [0.3, 0.4) is 0 Å². The lowest BCUT2D eigenvalue weighted by molar-refractivity contribution is 0.0523. The fraction of sp³-hybridized carbons (Fsp3) is 0.545. The van der Waals surface area contributed by atoms with Crippen LogP contribution in [0.5, 0.6) is 0 Å². The van der Waals surface area contributed by atoms with E-state index in [-0.39, 0.29) is 5.91 Å². The van der Waals surface area contributed by atoms with Crippen LogP contribution in [0.2, 0.25) is 0 Å². The van der Waals surface area contributed by atoms with E-state index in [9.17, 15) is 4.79 Å². The Bertz CT molecular complexity index is 815. The largest absolute Gasteiger partial charge is 0.334 e. The lowest BCUT2D eigenvalue weighted by Crippen LogP contribution is -2.48. The summed E-state index contributed by atoms with van der Waals surface area (Å²) < 4.78 is 1.91. The maximum atomic E-state index is 13.3. The summed E-state index contributed by atoms with van der Waals surface area (Å²) in [7, 11) is 0. The number of nitrogens with one attached hydrogen (secondary N) is 1. The topological polar surface area (TPSA) is 50.2 Å². The third-order valence-electron chi connectivity index (χ3n) is 6.01. The quantitative estimate of drug-likeness (QED) is 0.906. The van der Waals surface area contributed by atoms with E-state index >= 15 is 0 Å². The van der Waals surface area contributed by atoms with Crippen molar-refractivity contribution < 1.29 is 4.79 Å². The molecule has 0 spiro atoms. The zero-order valence-electron chi connectivity index (χ0n) is 16.7. The van der Waals surface area contributed by atoms with E-state index in [1.54, 1.807) is 0 Å². The molecule has 1 amide bonds. The van der Waals surface area contributed by atoms with Crippen molar-refractivity contribution >= 4 is 5.91 Å². The number of hydrogen-bond donors (Lipinski definition) is 1. The Hall–Kier alpha value is -2.14. The second-order valence-electron chi connectivity index (χ2n) is 8.24. The second-order valence-corrected chi connectivity index (χ2v) is 8.24. The average Bonchev–Trinajstić information content (AvgIpc) is 3.30. The monoisotopic (exact) mass is 366 g/mol. The molecule has 5 heteroatoms. The molecule has 0 bridgehead atoms. The van der Waals surface area contributed by atoms with Gasteiger partial charge in [-0.05, 0) is 94.8 Å². The number of aromatic nitrogens is 2. The van der Waals surface area contributed by atoms with E-state index in [4.69, 9.17) is 5.10 Å². The first-order valence-corrected chi connectivity index (χ1v) is 10.2. The highest BCUT2D eigenvalue weighted by molar-refractivity contribution is 5.92. The van der Waals surface area contributed by atoms with Crippen LogP contribution in [0.1, 0.15) is 53.0 Å². The van der Waals surface area contributed by atoms with Gasteiger partial charge in [-0.1, -0.05) is 6.07 Å². The molecule has 2 atom stereocenters. The highest BCUT2D eigenvalue weighted by Crippen LogP contribution is 2.28. The standard InChI is InChI=1S/C22H30N4O/c1-15-10-16(2)12-19(11-15)26-17(3)13-20(24-26)22(27)25-9-5-4-6-21(25)18-7-8-23-14-18/h10-13,18,21,23H,4-9,14H2,1-3H3. The van der Waals surface area contributed by atoms with Gasteiger partial charge in [-0.25, -0.2) is 4.68 Å². The Balaban J connectivity index is 1.61. The molecule has 1 aromatic heterocycles. The number of aryl methyl sites for hydroxylation is 3. The van der Waals surface area contributed by atoms with Gasteiger partial charge in [-0.3, -0.25) is 4.79 Å². The minimum atomic E-state index is 0.0952. The number of benzene rings is 1. The summed E-state index contributed by atoms with van der Waals surface area (Å²) in [6, 6.07) is 8.69. The number of amides is 1. The summed E-state index contributed by atoms with van der Waals surface area (Å²) in [5, 5.41) is 8.16. The molecular formula is C22H30N4O. The van der Waals surface area contributed by atoms with E-state index in [1.165, 1.54) is 24.0 Å². The number of piperidine rings is 1. The number of rotatable bonds is 3. The van der Waals surface area contributed by atoms with Gasteiger partial charge in [0.25, 0.3) is 5.91 Å². The SMILES string of the molecule is Cc1cc(C)cc(-n2nc(C(=O)N3CCCCC3C3CCNC3)cc2C)c1. The molecule has 2 aromatic rings. The lowest BCUT2D eigenvalue weighted by atomic mass is 9.89. The molecule has 0 saturated carbocycles. The summed E-state index contributed by atoms with van der Waals surface area (Å²) in [4.78, 5) is 15.4. The second kappa shape index (κ2) is 7.47. The normalized spacial score (nSPS) is 23.0. The fourth-order valence-corrected chi connectivity index (χ4v) is 4.77. The van der Waals surface area contributed by atoms with E-state index in [0.29, 0.717) is 17.7 Å². The summed E-state index contributed by atoms with van der Waals surface area (Å²) in [6.45, 7) is 9.17. The maximum absolute atomic E-state index is 13.3. The molecule has 4 rings (SSSR count). The van der Waals surface area contributed by atoms with Crippen molar-refractivity contribution in [3.63, 3.8) is 0 Å². The number of carbonyl (C=O) groups excluding carboxylic acids is 1. The molecule has 2 unspecified atom stereocenters. The van der Waals surface area contributed by atoms with Gasteiger partial charge in [-0.2, -0.15) is 5.10 Å². The molecule has 3 heterocycles. The molecular weight excluding hydrogens is 336 g/mol. The Morgan fingerprint density at radius 2 is 1.85 bits per heavy atom. The highest BCUT2D eigenvalue weighted by atomic mass is 16.2. The van der Waals surface area contributed by atoms with Crippen molar-refractivity contribution in [1.82, 2.24) is 20.0 Å². The van der Waals surface area contributed by atoms with Gasteiger partial charge in [-0.15, -0.1) is 0 Å². The Labute approximate surface area is 161 Å². The van der Waals surface area contributed by atoms with Crippen LogP contribution in [0, 0.1) is 26.7 Å². The molecule has 2 fully saturated rings. The fourth-order valence-electron chi connectivity index (χ4n) is 4.77.